The van der Waals surface area contributed by atoms with Crippen LogP contribution < -0.4 is 4.72 Å². The molecule has 162 valence electrons. The Morgan fingerprint density at radius 1 is 0.903 bits per heavy atom. The third kappa shape index (κ3) is 5.19. The molecule has 1 amide bonds. The number of aliphatic hydroxyl groups is 1. The van der Waals surface area contributed by atoms with Crippen LogP contribution in [-0.2, 0) is 20.4 Å². The summed E-state index contributed by atoms with van der Waals surface area (Å²) in [5.74, 6) is -0.328. The fraction of sp³-hybridized carbons (Fsp3) is 0.208. The van der Waals surface area contributed by atoms with Gasteiger partial charge in [-0.2, -0.15) is 0 Å². The maximum absolute atomic E-state index is 13.2. The maximum atomic E-state index is 13.2. The van der Waals surface area contributed by atoms with E-state index < -0.39 is 21.7 Å². The van der Waals surface area contributed by atoms with E-state index in [9.17, 15) is 18.3 Å². The molecule has 0 fully saturated rings. The highest BCUT2D eigenvalue weighted by molar-refractivity contribution is 7.89. The zero-order valence-corrected chi connectivity index (χ0v) is 18.3. The molecule has 0 saturated heterocycles. The predicted octanol–water partition coefficient (Wildman–Crippen LogP) is 3.07. The minimum Gasteiger partial charge on any atom is -0.383 e. The van der Waals surface area contributed by atoms with E-state index in [-0.39, 0.29) is 17.2 Å². The van der Waals surface area contributed by atoms with Crippen LogP contribution in [-0.4, -0.2) is 38.4 Å². The first-order valence-electron chi connectivity index (χ1n) is 9.84. The number of hydrogen-bond donors (Lipinski definition) is 2. The third-order valence-electron chi connectivity index (χ3n) is 5.13. The van der Waals surface area contributed by atoms with Crippen LogP contribution in [0.15, 0.2) is 95.9 Å². The summed E-state index contributed by atoms with van der Waals surface area (Å²) in [6, 6.07) is 24.3. The SMILES string of the molecule is CN(C)C(=O)C[C@@](O)(c1ccccc1)[C@@H](NS(=O)(=O)c1ccccc1)c1ccccc1. The highest BCUT2D eigenvalue weighted by Gasteiger charge is 2.44. The number of nitrogens with zero attached hydrogens (tertiary/aromatic N) is 1. The van der Waals surface area contributed by atoms with Crippen LogP contribution in [0.5, 0.6) is 0 Å². The van der Waals surface area contributed by atoms with Gasteiger partial charge in [0.2, 0.25) is 15.9 Å². The lowest BCUT2D eigenvalue weighted by Gasteiger charge is -2.37. The lowest BCUT2D eigenvalue weighted by Crippen LogP contribution is -2.46. The van der Waals surface area contributed by atoms with E-state index in [0.717, 1.165) is 0 Å². The molecule has 0 radical (unpaired) electrons. The molecule has 3 aromatic carbocycles. The average Bonchev–Trinajstić information content (AvgIpc) is 2.79. The quantitative estimate of drug-likeness (QED) is 0.566. The summed E-state index contributed by atoms with van der Waals surface area (Å²) >= 11 is 0. The Morgan fingerprint density at radius 3 is 1.90 bits per heavy atom. The molecule has 0 aliphatic heterocycles. The topological polar surface area (TPSA) is 86.7 Å². The second-order valence-corrected chi connectivity index (χ2v) is 9.25. The van der Waals surface area contributed by atoms with E-state index in [4.69, 9.17) is 0 Å². The number of carbonyl (C=O) groups is 1. The van der Waals surface area contributed by atoms with Gasteiger partial charge < -0.3 is 10.0 Å². The zero-order chi connectivity index (χ0) is 22.5. The normalized spacial score (nSPS) is 14.4. The van der Waals surface area contributed by atoms with Crippen molar-refractivity contribution in [3.63, 3.8) is 0 Å². The molecule has 0 heterocycles. The van der Waals surface area contributed by atoms with Crippen LogP contribution in [0.4, 0.5) is 0 Å². The van der Waals surface area contributed by atoms with Crippen LogP contribution in [0, 0.1) is 0 Å². The maximum Gasteiger partial charge on any atom is 0.241 e. The molecule has 6 nitrogen and oxygen atoms in total. The molecule has 2 atom stereocenters. The number of sulfonamides is 1. The Labute approximate surface area is 183 Å². The molecule has 3 rings (SSSR count). The molecular weight excluding hydrogens is 412 g/mol. The molecule has 0 aliphatic carbocycles. The van der Waals surface area contributed by atoms with Gasteiger partial charge in [-0.25, -0.2) is 13.1 Å². The van der Waals surface area contributed by atoms with Crippen LogP contribution in [0.25, 0.3) is 0 Å². The largest absolute Gasteiger partial charge is 0.383 e. The molecule has 0 aromatic heterocycles. The van der Waals surface area contributed by atoms with Crippen LogP contribution in [0.1, 0.15) is 23.6 Å². The molecular formula is C24H26N2O4S. The van der Waals surface area contributed by atoms with Gasteiger partial charge in [0.1, 0.15) is 5.60 Å². The first-order valence-corrected chi connectivity index (χ1v) is 11.3. The summed E-state index contributed by atoms with van der Waals surface area (Å²) in [5.41, 5.74) is -0.846. The Bertz CT molecular complexity index is 1100. The van der Waals surface area contributed by atoms with Crippen LogP contribution in [0.2, 0.25) is 0 Å². The van der Waals surface area contributed by atoms with Gasteiger partial charge in [-0.1, -0.05) is 78.9 Å². The summed E-state index contributed by atoms with van der Waals surface area (Å²) in [7, 11) is -0.796. The van der Waals surface area contributed by atoms with Crippen molar-refractivity contribution in [3.8, 4) is 0 Å². The standard InChI is InChI=1S/C24H26N2O4S/c1-26(2)22(27)18-24(28,20-14-8-4-9-15-20)23(19-12-6-3-7-13-19)25-31(29,30)21-16-10-5-11-17-21/h3-17,23,25,28H,18H2,1-2H3/t23-,24+/m0/s1. The number of hydrogen-bond acceptors (Lipinski definition) is 4. The van der Waals surface area contributed by atoms with Crippen molar-refractivity contribution in [3.05, 3.63) is 102 Å². The monoisotopic (exact) mass is 438 g/mol. The third-order valence-corrected chi connectivity index (χ3v) is 6.57. The van der Waals surface area contributed by atoms with Crippen molar-refractivity contribution >= 4 is 15.9 Å². The van der Waals surface area contributed by atoms with Crippen molar-refractivity contribution in [2.75, 3.05) is 14.1 Å². The number of rotatable bonds is 8. The van der Waals surface area contributed by atoms with Crippen molar-refractivity contribution in [2.45, 2.75) is 23.0 Å². The average molecular weight is 439 g/mol. The summed E-state index contributed by atoms with van der Waals surface area (Å²) < 4.78 is 29.1. The number of nitrogens with one attached hydrogen (secondary N) is 1. The van der Waals surface area contributed by atoms with Crippen molar-refractivity contribution in [1.29, 1.82) is 0 Å². The highest BCUT2D eigenvalue weighted by Crippen LogP contribution is 2.39. The van der Waals surface area contributed by atoms with E-state index in [0.29, 0.717) is 11.1 Å². The van der Waals surface area contributed by atoms with E-state index in [1.165, 1.54) is 17.0 Å². The van der Waals surface area contributed by atoms with Crippen LogP contribution in [0.3, 0.4) is 0 Å². The molecule has 7 heteroatoms. The lowest BCUT2D eigenvalue weighted by molar-refractivity contribution is -0.135. The van der Waals surface area contributed by atoms with Crippen molar-refractivity contribution in [2.24, 2.45) is 0 Å². The molecule has 0 saturated carbocycles. The number of benzene rings is 3. The second-order valence-electron chi connectivity index (χ2n) is 7.53. The van der Waals surface area contributed by atoms with Gasteiger partial charge in [0.15, 0.2) is 0 Å². The molecule has 0 unspecified atom stereocenters. The van der Waals surface area contributed by atoms with Gasteiger partial charge in [0, 0.05) is 14.1 Å². The van der Waals surface area contributed by atoms with E-state index >= 15 is 0 Å². The van der Waals surface area contributed by atoms with Gasteiger partial charge in [-0.05, 0) is 23.3 Å². The Kier molecular flexibility index (Phi) is 6.90. The first-order chi connectivity index (χ1) is 14.7. The molecule has 2 N–H and O–H groups in total. The fourth-order valence-corrected chi connectivity index (χ4v) is 4.69. The Hall–Kier alpha value is -3.00. The highest BCUT2D eigenvalue weighted by atomic mass is 32.2. The Balaban J connectivity index is 2.16. The summed E-state index contributed by atoms with van der Waals surface area (Å²) in [6.45, 7) is 0. The minimum absolute atomic E-state index is 0.0743. The van der Waals surface area contributed by atoms with E-state index in [1.807, 2.05) is 0 Å². The molecule has 0 bridgehead atoms. The first kappa shape index (κ1) is 22.7. The van der Waals surface area contributed by atoms with Gasteiger partial charge in [0.05, 0.1) is 17.4 Å². The smallest absolute Gasteiger partial charge is 0.241 e. The Morgan fingerprint density at radius 2 is 1.39 bits per heavy atom. The number of carbonyl (C=O) groups excluding carboxylic acids is 1. The summed E-state index contributed by atoms with van der Waals surface area (Å²) in [5, 5.41) is 12.0. The van der Waals surface area contributed by atoms with Gasteiger partial charge in [-0.15, -0.1) is 0 Å². The lowest BCUT2D eigenvalue weighted by atomic mass is 9.80. The second kappa shape index (κ2) is 9.43. The minimum atomic E-state index is -3.99. The fourth-order valence-electron chi connectivity index (χ4n) is 3.40. The van der Waals surface area contributed by atoms with Gasteiger partial charge in [0.25, 0.3) is 0 Å². The van der Waals surface area contributed by atoms with Crippen molar-refractivity contribution in [1.82, 2.24) is 9.62 Å². The summed E-state index contributed by atoms with van der Waals surface area (Å²) in [6.07, 6.45) is -0.305. The van der Waals surface area contributed by atoms with Crippen molar-refractivity contribution < 1.29 is 18.3 Å². The molecule has 0 aliphatic rings. The van der Waals surface area contributed by atoms with Gasteiger partial charge in [-0.3, -0.25) is 4.79 Å². The number of amides is 1. The zero-order valence-electron chi connectivity index (χ0n) is 17.5. The molecule has 3 aromatic rings. The molecule has 0 spiro atoms. The van der Waals surface area contributed by atoms with Gasteiger partial charge >= 0.3 is 0 Å². The van der Waals surface area contributed by atoms with Crippen LogP contribution >= 0.6 is 0 Å². The van der Waals surface area contributed by atoms with E-state index in [2.05, 4.69) is 4.72 Å². The predicted molar refractivity (Wildman–Crippen MR) is 120 cm³/mol. The molecule has 31 heavy (non-hydrogen) atoms. The summed E-state index contributed by atoms with van der Waals surface area (Å²) in [4.78, 5) is 14.1. The van der Waals surface area contributed by atoms with E-state index in [1.54, 1.807) is 93.0 Å².